The number of ether oxygens (including phenoxy) is 1. The van der Waals surface area contributed by atoms with Gasteiger partial charge in [-0.25, -0.2) is 9.97 Å². The Morgan fingerprint density at radius 3 is 3.14 bits per heavy atom. The molecule has 2 N–H and O–H groups in total. The van der Waals surface area contributed by atoms with E-state index in [0.717, 1.165) is 19.7 Å². The van der Waals surface area contributed by atoms with Gasteiger partial charge in [0.15, 0.2) is 0 Å². The highest BCUT2D eigenvalue weighted by molar-refractivity contribution is 5.92. The van der Waals surface area contributed by atoms with Crippen molar-refractivity contribution in [2.75, 3.05) is 38.6 Å². The number of aromatic nitrogens is 2. The number of fused-ring (bicyclic) bond motifs is 1. The predicted octanol–water partition coefficient (Wildman–Crippen LogP) is 0.111. The largest absolute Gasteiger partial charge is 0.373 e. The molecule has 0 aliphatic carbocycles. The van der Waals surface area contributed by atoms with E-state index < -0.39 is 0 Å². The number of morpholine rings is 1. The molecule has 114 valence electrons. The van der Waals surface area contributed by atoms with Gasteiger partial charge in [0.1, 0.15) is 11.5 Å². The molecule has 0 bridgehead atoms. The van der Waals surface area contributed by atoms with Gasteiger partial charge in [0.25, 0.3) is 5.91 Å². The molecule has 1 aromatic heterocycles. The van der Waals surface area contributed by atoms with Crippen LogP contribution in [-0.2, 0) is 4.74 Å². The first-order valence-electron chi connectivity index (χ1n) is 7.40. The number of nitrogens with zero attached hydrogens (tertiary/aromatic N) is 3. The van der Waals surface area contributed by atoms with E-state index in [1.54, 1.807) is 13.2 Å². The monoisotopic (exact) mass is 291 g/mol. The molecule has 21 heavy (non-hydrogen) atoms. The Bertz CT molecular complexity index is 493. The Labute approximate surface area is 124 Å². The van der Waals surface area contributed by atoms with Crippen molar-refractivity contribution < 1.29 is 9.53 Å². The second kappa shape index (κ2) is 6.36. The first-order valence-corrected chi connectivity index (χ1v) is 7.40. The van der Waals surface area contributed by atoms with Crippen LogP contribution in [-0.4, -0.2) is 66.2 Å². The van der Waals surface area contributed by atoms with Crippen LogP contribution in [0.15, 0.2) is 12.4 Å². The van der Waals surface area contributed by atoms with Crippen LogP contribution in [0.1, 0.15) is 23.3 Å². The van der Waals surface area contributed by atoms with Crippen LogP contribution >= 0.6 is 0 Å². The third-order valence-corrected chi connectivity index (χ3v) is 4.09. The van der Waals surface area contributed by atoms with Crippen LogP contribution in [0.25, 0.3) is 0 Å². The summed E-state index contributed by atoms with van der Waals surface area (Å²) in [6, 6.07) is 0.580. The smallest absolute Gasteiger partial charge is 0.271 e. The topological polar surface area (TPSA) is 79.4 Å². The molecule has 3 heterocycles. The van der Waals surface area contributed by atoms with Gasteiger partial charge in [-0.1, -0.05) is 0 Å². The Balaban J connectivity index is 1.49. The molecule has 2 atom stereocenters. The molecule has 0 saturated carbocycles. The van der Waals surface area contributed by atoms with E-state index in [9.17, 15) is 4.79 Å². The highest BCUT2D eigenvalue weighted by atomic mass is 16.5. The van der Waals surface area contributed by atoms with Gasteiger partial charge in [0.05, 0.1) is 25.1 Å². The third-order valence-electron chi connectivity index (χ3n) is 4.09. The standard InChI is InChI=1S/C14H21N5O2/c1-15-13-7-16-12(6-17-13)14(20)18-5-11-8-19-4-2-3-10(19)9-21-11/h6-7,10-11H,2-5,8-9H2,1H3,(H,15,17)(H,18,20). The van der Waals surface area contributed by atoms with Gasteiger partial charge in [-0.2, -0.15) is 0 Å². The molecule has 2 aliphatic heterocycles. The van der Waals surface area contributed by atoms with E-state index in [0.29, 0.717) is 24.1 Å². The summed E-state index contributed by atoms with van der Waals surface area (Å²) in [4.78, 5) is 22.6. The summed E-state index contributed by atoms with van der Waals surface area (Å²) >= 11 is 0. The summed E-state index contributed by atoms with van der Waals surface area (Å²) in [5.74, 6) is 0.430. The lowest BCUT2D eigenvalue weighted by Gasteiger charge is -2.35. The molecule has 0 radical (unpaired) electrons. The van der Waals surface area contributed by atoms with Crippen molar-refractivity contribution in [2.24, 2.45) is 0 Å². The van der Waals surface area contributed by atoms with Crippen LogP contribution in [0.5, 0.6) is 0 Å². The van der Waals surface area contributed by atoms with Crippen LogP contribution in [0.2, 0.25) is 0 Å². The lowest BCUT2D eigenvalue weighted by Crippen LogP contribution is -2.50. The summed E-state index contributed by atoms with van der Waals surface area (Å²) < 4.78 is 5.81. The first kappa shape index (κ1) is 14.2. The average Bonchev–Trinajstić information content (AvgIpc) is 3.00. The maximum Gasteiger partial charge on any atom is 0.271 e. The molecule has 3 rings (SSSR count). The fourth-order valence-electron chi connectivity index (χ4n) is 2.88. The number of hydrogen-bond acceptors (Lipinski definition) is 6. The van der Waals surface area contributed by atoms with Crippen LogP contribution < -0.4 is 10.6 Å². The van der Waals surface area contributed by atoms with Crippen molar-refractivity contribution in [3.8, 4) is 0 Å². The Morgan fingerprint density at radius 1 is 1.48 bits per heavy atom. The predicted molar refractivity (Wildman–Crippen MR) is 78.2 cm³/mol. The number of rotatable bonds is 4. The van der Waals surface area contributed by atoms with Gasteiger partial charge in [0.2, 0.25) is 0 Å². The number of nitrogens with one attached hydrogen (secondary N) is 2. The fraction of sp³-hybridized carbons (Fsp3) is 0.643. The van der Waals surface area contributed by atoms with E-state index in [1.807, 2.05) is 0 Å². The van der Waals surface area contributed by atoms with Gasteiger partial charge in [-0.15, -0.1) is 0 Å². The molecule has 2 unspecified atom stereocenters. The summed E-state index contributed by atoms with van der Waals surface area (Å²) in [5.41, 5.74) is 0.323. The zero-order valence-corrected chi connectivity index (χ0v) is 12.2. The second-order valence-electron chi connectivity index (χ2n) is 5.49. The minimum absolute atomic E-state index is 0.0628. The maximum atomic E-state index is 12.0. The minimum Gasteiger partial charge on any atom is -0.373 e. The normalized spacial score (nSPS) is 25.4. The van der Waals surface area contributed by atoms with Crippen molar-refractivity contribution in [1.29, 1.82) is 0 Å². The Morgan fingerprint density at radius 2 is 2.38 bits per heavy atom. The van der Waals surface area contributed by atoms with Crippen molar-refractivity contribution >= 4 is 11.7 Å². The molecule has 2 fully saturated rings. The Kier molecular flexibility index (Phi) is 4.31. The minimum atomic E-state index is -0.211. The lowest BCUT2D eigenvalue weighted by molar-refractivity contribution is -0.0462. The van der Waals surface area contributed by atoms with Crippen molar-refractivity contribution in [1.82, 2.24) is 20.2 Å². The Hall–Kier alpha value is -1.73. The average molecular weight is 291 g/mol. The number of carbonyl (C=O) groups excluding carboxylic acids is 1. The highest BCUT2D eigenvalue weighted by Crippen LogP contribution is 2.22. The molecule has 2 saturated heterocycles. The van der Waals surface area contributed by atoms with Crippen molar-refractivity contribution in [3.63, 3.8) is 0 Å². The van der Waals surface area contributed by atoms with Crippen LogP contribution in [0.4, 0.5) is 5.82 Å². The molecule has 1 amide bonds. The molecule has 1 aromatic rings. The number of carbonyl (C=O) groups is 1. The molecular formula is C14H21N5O2. The first-order chi connectivity index (χ1) is 10.3. The fourth-order valence-corrected chi connectivity index (χ4v) is 2.88. The van der Waals surface area contributed by atoms with Gasteiger partial charge >= 0.3 is 0 Å². The van der Waals surface area contributed by atoms with Crippen LogP contribution in [0.3, 0.4) is 0 Å². The van der Waals surface area contributed by atoms with Crippen molar-refractivity contribution in [3.05, 3.63) is 18.1 Å². The van der Waals surface area contributed by atoms with Gasteiger partial charge in [-0.05, 0) is 19.4 Å². The van der Waals surface area contributed by atoms with Gasteiger partial charge in [-0.3, -0.25) is 9.69 Å². The summed E-state index contributed by atoms with van der Waals surface area (Å²) in [6.45, 7) is 3.33. The van der Waals surface area contributed by atoms with Crippen LogP contribution in [0, 0.1) is 0 Å². The maximum absolute atomic E-state index is 12.0. The molecule has 0 aromatic carbocycles. The zero-order chi connectivity index (χ0) is 14.7. The highest BCUT2D eigenvalue weighted by Gasteiger charge is 2.32. The van der Waals surface area contributed by atoms with Gasteiger partial charge in [0, 0.05) is 26.2 Å². The number of anilines is 1. The second-order valence-corrected chi connectivity index (χ2v) is 5.49. The molecule has 2 aliphatic rings. The lowest BCUT2D eigenvalue weighted by atomic mass is 10.2. The molecular weight excluding hydrogens is 270 g/mol. The van der Waals surface area contributed by atoms with Gasteiger partial charge < -0.3 is 15.4 Å². The summed E-state index contributed by atoms with van der Waals surface area (Å²) in [5, 5.41) is 5.74. The number of hydrogen-bond donors (Lipinski definition) is 2. The van der Waals surface area contributed by atoms with E-state index in [-0.39, 0.29) is 12.0 Å². The third kappa shape index (κ3) is 3.30. The molecule has 7 nitrogen and oxygen atoms in total. The van der Waals surface area contributed by atoms with E-state index >= 15 is 0 Å². The zero-order valence-electron chi connectivity index (χ0n) is 12.2. The molecule has 7 heteroatoms. The van der Waals surface area contributed by atoms with Crippen molar-refractivity contribution in [2.45, 2.75) is 25.0 Å². The number of amides is 1. The quantitative estimate of drug-likeness (QED) is 0.820. The summed E-state index contributed by atoms with van der Waals surface area (Å²) in [6.07, 6.45) is 5.56. The van der Waals surface area contributed by atoms with E-state index in [2.05, 4.69) is 25.5 Å². The van der Waals surface area contributed by atoms with E-state index in [4.69, 9.17) is 4.74 Å². The molecule has 0 spiro atoms. The van der Waals surface area contributed by atoms with E-state index in [1.165, 1.54) is 19.0 Å². The SMILES string of the molecule is CNc1cnc(C(=O)NCC2CN3CCCC3CO2)cn1. The summed E-state index contributed by atoms with van der Waals surface area (Å²) in [7, 11) is 1.76.